The van der Waals surface area contributed by atoms with Gasteiger partial charge in [0.2, 0.25) is 0 Å². The van der Waals surface area contributed by atoms with E-state index >= 15 is 0 Å². The van der Waals surface area contributed by atoms with Crippen LogP contribution in [0.2, 0.25) is 0 Å². The van der Waals surface area contributed by atoms with Crippen molar-refractivity contribution in [1.82, 2.24) is 20.4 Å². The molecule has 7 heteroatoms. The Morgan fingerprint density at radius 3 is 2.52 bits per heavy atom. The van der Waals surface area contributed by atoms with Crippen molar-refractivity contribution in [3.8, 4) is 5.75 Å². The molecule has 3 rings (SSSR count). The van der Waals surface area contributed by atoms with Crippen LogP contribution >= 0.6 is 15.9 Å². The zero-order chi connectivity index (χ0) is 19.4. The lowest BCUT2D eigenvalue weighted by Crippen LogP contribution is -2.37. The highest BCUT2D eigenvalue weighted by atomic mass is 79.9. The van der Waals surface area contributed by atoms with E-state index in [0.29, 0.717) is 12.2 Å². The van der Waals surface area contributed by atoms with E-state index in [4.69, 9.17) is 4.74 Å². The molecule has 1 aromatic carbocycles. The van der Waals surface area contributed by atoms with Gasteiger partial charge >= 0.3 is 0 Å². The molecular weight excluding hydrogens is 408 g/mol. The first-order valence-corrected chi connectivity index (χ1v) is 10.2. The predicted molar refractivity (Wildman–Crippen MR) is 109 cm³/mol. The van der Waals surface area contributed by atoms with Gasteiger partial charge in [0.15, 0.2) is 5.69 Å². The largest absolute Gasteiger partial charge is 0.497 e. The van der Waals surface area contributed by atoms with Crippen LogP contribution in [-0.2, 0) is 0 Å². The number of rotatable bonds is 7. The van der Waals surface area contributed by atoms with E-state index in [1.165, 1.54) is 18.4 Å². The van der Waals surface area contributed by atoms with Gasteiger partial charge < -0.3 is 10.1 Å². The predicted octanol–water partition coefficient (Wildman–Crippen LogP) is 3.87. The maximum Gasteiger partial charge on any atom is 0.273 e. The minimum atomic E-state index is -0.164. The fourth-order valence-corrected chi connectivity index (χ4v) is 4.30. The van der Waals surface area contributed by atoms with Gasteiger partial charge in [-0.2, -0.15) is 5.10 Å². The molecular formula is C20H27BrN4O2. The summed E-state index contributed by atoms with van der Waals surface area (Å²) in [7, 11) is 1.67. The van der Waals surface area contributed by atoms with Crippen LogP contribution in [0.1, 0.15) is 60.4 Å². The fraction of sp³-hybridized carbons (Fsp3) is 0.500. The Balaban J connectivity index is 1.73. The average Bonchev–Trinajstić information content (AvgIpc) is 3.32. The number of hydrogen-bond donors (Lipinski definition) is 2. The molecule has 2 heterocycles. The van der Waals surface area contributed by atoms with Crippen molar-refractivity contribution in [3.63, 3.8) is 0 Å². The van der Waals surface area contributed by atoms with Gasteiger partial charge in [-0.1, -0.05) is 26.0 Å². The summed E-state index contributed by atoms with van der Waals surface area (Å²) in [6.45, 7) is 6.77. The number of hydrogen-bond acceptors (Lipinski definition) is 4. The van der Waals surface area contributed by atoms with Crippen molar-refractivity contribution in [2.45, 2.75) is 38.6 Å². The molecule has 0 radical (unpaired) electrons. The Labute approximate surface area is 168 Å². The van der Waals surface area contributed by atoms with Crippen molar-refractivity contribution >= 4 is 21.8 Å². The van der Waals surface area contributed by atoms with Gasteiger partial charge in [-0.25, -0.2) is 0 Å². The molecule has 0 bridgehead atoms. The minimum absolute atomic E-state index is 0.143. The van der Waals surface area contributed by atoms with E-state index in [9.17, 15) is 4.79 Å². The number of amides is 1. The van der Waals surface area contributed by atoms with E-state index in [0.717, 1.165) is 29.0 Å². The van der Waals surface area contributed by atoms with Gasteiger partial charge in [0.25, 0.3) is 5.91 Å². The maximum absolute atomic E-state index is 12.7. The van der Waals surface area contributed by atoms with Crippen LogP contribution in [-0.4, -0.2) is 47.7 Å². The monoisotopic (exact) mass is 434 g/mol. The van der Waals surface area contributed by atoms with E-state index < -0.39 is 0 Å². The molecule has 1 aromatic heterocycles. The Morgan fingerprint density at radius 1 is 1.30 bits per heavy atom. The summed E-state index contributed by atoms with van der Waals surface area (Å²) in [6.07, 6.45) is 2.40. The quantitative estimate of drug-likeness (QED) is 0.693. The second-order valence-corrected chi connectivity index (χ2v) is 7.99. The lowest BCUT2D eigenvalue weighted by molar-refractivity contribution is 0.0932. The summed E-state index contributed by atoms with van der Waals surface area (Å²) >= 11 is 3.51. The van der Waals surface area contributed by atoms with Crippen LogP contribution in [0, 0.1) is 0 Å². The third kappa shape index (κ3) is 4.52. The van der Waals surface area contributed by atoms with Gasteiger partial charge in [-0.15, -0.1) is 0 Å². The number of aromatic nitrogens is 2. The number of likely N-dealkylation sites (tertiary alicyclic amines) is 1. The SMILES string of the molecule is COc1ccc(C(CNC(=O)c2n[nH]c(C(C)C)c2Br)N2CCCC2)cc1. The van der Waals surface area contributed by atoms with E-state index in [-0.39, 0.29) is 17.9 Å². The molecule has 1 aliphatic heterocycles. The van der Waals surface area contributed by atoms with E-state index in [2.05, 4.69) is 62.3 Å². The van der Waals surface area contributed by atoms with Crippen molar-refractivity contribution < 1.29 is 9.53 Å². The first-order chi connectivity index (χ1) is 13.0. The molecule has 146 valence electrons. The van der Waals surface area contributed by atoms with Crippen molar-refractivity contribution in [2.75, 3.05) is 26.7 Å². The molecule has 1 atom stereocenters. The highest BCUT2D eigenvalue weighted by molar-refractivity contribution is 9.10. The van der Waals surface area contributed by atoms with Gasteiger partial charge in [-0.05, 0) is 65.5 Å². The minimum Gasteiger partial charge on any atom is -0.497 e. The van der Waals surface area contributed by atoms with Crippen molar-refractivity contribution in [1.29, 1.82) is 0 Å². The number of nitrogens with one attached hydrogen (secondary N) is 2. The average molecular weight is 435 g/mol. The third-order valence-electron chi connectivity index (χ3n) is 5.06. The zero-order valence-corrected chi connectivity index (χ0v) is 17.7. The molecule has 1 unspecified atom stereocenters. The Kier molecular flexibility index (Phi) is 6.55. The van der Waals surface area contributed by atoms with Crippen molar-refractivity contribution in [3.05, 3.63) is 45.7 Å². The second kappa shape index (κ2) is 8.89. The van der Waals surface area contributed by atoms with Crippen LogP contribution in [0.5, 0.6) is 5.75 Å². The molecule has 2 aromatic rings. The van der Waals surface area contributed by atoms with E-state index in [1.54, 1.807) is 7.11 Å². The normalized spacial score (nSPS) is 15.9. The molecule has 0 aliphatic carbocycles. The molecule has 6 nitrogen and oxygen atoms in total. The number of methoxy groups -OCH3 is 1. The molecule has 1 saturated heterocycles. The van der Waals surface area contributed by atoms with Gasteiger partial charge in [-0.3, -0.25) is 14.8 Å². The summed E-state index contributed by atoms with van der Waals surface area (Å²) in [5.74, 6) is 0.942. The lowest BCUT2D eigenvalue weighted by atomic mass is 10.0. The lowest BCUT2D eigenvalue weighted by Gasteiger charge is -2.28. The standard InChI is InChI=1S/C20H27BrN4O2/c1-13(2)18-17(21)19(24-23-18)20(26)22-12-16(25-10-4-5-11-25)14-6-8-15(27-3)9-7-14/h6-9,13,16H,4-5,10-12H2,1-3H3,(H,22,26)(H,23,24). The molecule has 1 aliphatic rings. The Hall–Kier alpha value is -1.86. The second-order valence-electron chi connectivity index (χ2n) is 7.20. The van der Waals surface area contributed by atoms with E-state index in [1.807, 2.05) is 12.1 Å². The summed E-state index contributed by atoms with van der Waals surface area (Å²) < 4.78 is 6.01. The Morgan fingerprint density at radius 2 is 1.96 bits per heavy atom. The Bertz CT molecular complexity index is 767. The summed E-state index contributed by atoms with van der Waals surface area (Å²) in [6, 6.07) is 8.24. The number of ether oxygens (including phenoxy) is 1. The topological polar surface area (TPSA) is 70.2 Å². The molecule has 2 N–H and O–H groups in total. The number of carbonyl (C=O) groups excluding carboxylic acids is 1. The van der Waals surface area contributed by atoms with Crippen LogP contribution in [0.25, 0.3) is 0 Å². The summed E-state index contributed by atoms with van der Waals surface area (Å²) in [5, 5.41) is 10.2. The molecule has 1 fully saturated rings. The van der Waals surface area contributed by atoms with Crippen molar-refractivity contribution in [2.24, 2.45) is 0 Å². The van der Waals surface area contributed by atoms with Crippen LogP contribution < -0.4 is 10.1 Å². The molecule has 0 spiro atoms. The van der Waals surface area contributed by atoms with Gasteiger partial charge in [0, 0.05) is 6.54 Å². The molecule has 0 saturated carbocycles. The highest BCUT2D eigenvalue weighted by Crippen LogP contribution is 2.28. The number of halogens is 1. The van der Waals surface area contributed by atoms with Crippen LogP contribution in [0.15, 0.2) is 28.7 Å². The summed E-state index contributed by atoms with van der Waals surface area (Å²) in [4.78, 5) is 15.1. The zero-order valence-electron chi connectivity index (χ0n) is 16.1. The fourth-order valence-electron chi connectivity index (χ4n) is 3.49. The third-order valence-corrected chi connectivity index (χ3v) is 5.87. The number of carbonyl (C=O) groups is 1. The molecule has 1 amide bonds. The first-order valence-electron chi connectivity index (χ1n) is 9.41. The number of benzene rings is 1. The van der Waals surface area contributed by atoms with Gasteiger partial charge in [0.05, 0.1) is 23.3 Å². The molecule has 27 heavy (non-hydrogen) atoms. The van der Waals surface area contributed by atoms with Crippen LogP contribution in [0.4, 0.5) is 0 Å². The number of H-pyrrole nitrogens is 1. The number of nitrogens with zero attached hydrogens (tertiary/aromatic N) is 2. The summed E-state index contributed by atoms with van der Waals surface area (Å²) in [5.41, 5.74) is 2.53. The van der Waals surface area contributed by atoms with Crippen LogP contribution in [0.3, 0.4) is 0 Å². The number of aromatic amines is 1. The first kappa shape index (κ1) is 19.9. The maximum atomic E-state index is 12.7. The van der Waals surface area contributed by atoms with Gasteiger partial charge in [0.1, 0.15) is 5.75 Å². The highest BCUT2D eigenvalue weighted by Gasteiger charge is 2.25. The smallest absolute Gasteiger partial charge is 0.273 e.